The number of hydrogen-bond acceptors (Lipinski definition) is 9. The van der Waals surface area contributed by atoms with E-state index in [1.165, 1.54) is 5.56 Å². The smallest absolute Gasteiger partial charge is 0.323 e. The zero-order valence-electron chi connectivity index (χ0n) is 22.4. The van der Waals surface area contributed by atoms with Gasteiger partial charge in [-0.05, 0) is 50.8 Å². The lowest BCUT2D eigenvalue weighted by Crippen LogP contribution is -2.49. The Morgan fingerprint density at radius 1 is 0.833 bits per heavy atom. The number of carbonyl (C=O) groups excluding carboxylic acids is 1. The molecule has 1 aromatic carbocycles. The van der Waals surface area contributed by atoms with Crippen molar-refractivity contribution >= 4 is 5.97 Å². The molecule has 2 rings (SSSR count). The van der Waals surface area contributed by atoms with Gasteiger partial charge in [-0.1, -0.05) is 12.1 Å². The highest BCUT2D eigenvalue weighted by molar-refractivity contribution is 5.75. The minimum absolute atomic E-state index is 0.113. The summed E-state index contributed by atoms with van der Waals surface area (Å²) in [6.07, 6.45) is 2.60. The van der Waals surface area contributed by atoms with Gasteiger partial charge < -0.3 is 34.9 Å². The van der Waals surface area contributed by atoms with Crippen molar-refractivity contribution in [1.29, 1.82) is 0 Å². The van der Waals surface area contributed by atoms with Crippen LogP contribution in [0.2, 0.25) is 0 Å². The molecule has 0 bridgehead atoms. The molecule has 0 aromatic heterocycles. The van der Waals surface area contributed by atoms with Gasteiger partial charge >= 0.3 is 5.97 Å². The lowest BCUT2D eigenvalue weighted by Gasteiger charge is -2.31. The number of carbonyl (C=O) groups is 1. The highest BCUT2D eigenvalue weighted by Crippen LogP contribution is 2.16. The summed E-state index contributed by atoms with van der Waals surface area (Å²) in [6.45, 7) is 14.4. The maximum atomic E-state index is 12.9. The molecule has 1 heterocycles. The number of aryl methyl sites for hydroxylation is 1. The Morgan fingerprint density at radius 3 is 2.08 bits per heavy atom. The second kappa shape index (κ2) is 20.3. The zero-order chi connectivity index (χ0) is 25.7. The number of benzene rings is 1. The van der Waals surface area contributed by atoms with Crippen LogP contribution in [-0.2, 0) is 25.4 Å². The first-order valence-electron chi connectivity index (χ1n) is 13.6. The number of esters is 1. The number of ether oxygens (including phenoxy) is 4. The van der Waals surface area contributed by atoms with Crippen LogP contribution in [0.5, 0.6) is 5.75 Å². The van der Waals surface area contributed by atoms with Crippen LogP contribution in [0.3, 0.4) is 0 Å². The highest BCUT2D eigenvalue weighted by atomic mass is 16.5. The molecule has 9 heteroatoms. The van der Waals surface area contributed by atoms with Crippen molar-refractivity contribution in [2.45, 2.75) is 39.2 Å². The Balaban J connectivity index is 1.79. The summed E-state index contributed by atoms with van der Waals surface area (Å²) in [4.78, 5) is 15.1. The van der Waals surface area contributed by atoms with E-state index in [1.807, 2.05) is 26.0 Å². The topological polar surface area (TPSA) is 93.3 Å². The van der Waals surface area contributed by atoms with Gasteiger partial charge in [0.25, 0.3) is 0 Å². The number of rotatable bonds is 15. The third kappa shape index (κ3) is 13.5. The summed E-state index contributed by atoms with van der Waals surface area (Å²) in [5, 5.41) is 10.4. The fourth-order valence-electron chi connectivity index (χ4n) is 4.12. The van der Waals surface area contributed by atoms with Crippen molar-refractivity contribution in [2.75, 3.05) is 92.0 Å². The Bertz CT molecular complexity index is 665. The Kier molecular flexibility index (Phi) is 17.2. The predicted molar refractivity (Wildman–Crippen MR) is 143 cm³/mol. The van der Waals surface area contributed by atoms with Gasteiger partial charge in [0.2, 0.25) is 0 Å². The van der Waals surface area contributed by atoms with Crippen molar-refractivity contribution in [3.8, 4) is 5.75 Å². The van der Waals surface area contributed by atoms with Gasteiger partial charge in [-0.15, -0.1) is 0 Å². The summed E-state index contributed by atoms with van der Waals surface area (Å²) >= 11 is 0. The molecule has 0 amide bonds. The van der Waals surface area contributed by atoms with Gasteiger partial charge in [0.1, 0.15) is 18.4 Å². The second-order valence-electron chi connectivity index (χ2n) is 8.75. The van der Waals surface area contributed by atoms with E-state index in [0.717, 1.165) is 77.4 Å². The average molecular weight is 509 g/mol. The molecule has 0 spiro atoms. The van der Waals surface area contributed by atoms with Crippen LogP contribution < -0.4 is 20.7 Å². The van der Waals surface area contributed by atoms with E-state index in [-0.39, 0.29) is 12.0 Å². The monoisotopic (exact) mass is 508 g/mol. The van der Waals surface area contributed by atoms with E-state index in [2.05, 4.69) is 33.0 Å². The number of hydrogen-bond donors (Lipinski definition) is 3. The first-order chi connectivity index (χ1) is 17.7. The summed E-state index contributed by atoms with van der Waals surface area (Å²) in [7, 11) is 0. The molecule has 1 aliphatic heterocycles. The van der Waals surface area contributed by atoms with Crippen molar-refractivity contribution < 1.29 is 23.7 Å². The van der Waals surface area contributed by atoms with Crippen LogP contribution in [0.1, 0.15) is 32.3 Å². The fraction of sp³-hybridized carbons (Fsp3) is 0.741. The SMILES string of the molecule is CCOCCOCCOc1ccc(CCCC(C(=O)OCC)N2CCNCCNCCNCC2)cc1. The molecule has 1 aromatic rings. The van der Waals surface area contributed by atoms with Gasteiger partial charge in [0.15, 0.2) is 0 Å². The predicted octanol–water partition coefficient (Wildman–Crippen LogP) is 1.46. The van der Waals surface area contributed by atoms with E-state index >= 15 is 0 Å². The van der Waals surface area contributed by atoms with Gasteiger partial charge in [-0.3, -0.25) is 9.69 Å². The Labute approximate surface area is 217 Å². The molecule has 1 aliphatic rings. The quantitative estimate of drug-likeness (QED) is 0.240. The van der Waals surface area contributed by atoms with Crippen LogP contribution in [0.4, 0.5) is 0 Å². The Morgan fingerprint density at radius 2 is 1.44 bits per heavy atom. The van der Waals surface area contributed by atoms with E-state index in [9.17, 15) is 4.79 Å². The summed E-state index contributed by atoms with van der Waals surface area (Å²) < 4.78 is 21.9. The average Bonchev–Trinajstić information content (AvgIpc) is 2.88. The third-order valence-corrected chi connectivity index (χ3v) is 6.05. The second-order valence-corrected chi connectivity index (χ2v) is 8.75. The van der Waals surface area contributed by atoms with Crippen molar-refractivity contribution in [3.05, 3.63) is 29.8 Å². The number of nitrogens with zero attached hydrogens (tertiary/aromatic N) is 1. The van der Waals surface area contributed by atoms with Crippen LogP contribution in [0.15, 0.2) is 24.3 Å². The van der Waals surface area contributed by atoms with Crippen LogP contribution in [-0.4, -0.2) is 109 Å². The van der Waals surface area contributed by atoms with Gasteiger partial charge in [-0.25, -0.2) is 0 Å². The molecule has 1 atom stereocenters. The van der Waals surface area contributed by atoms with E-state index in [0.29, 0.717) is 39.6 Å². The summed E-state index contributed by atoms with van der Waals surface area (Å²) in [6, 6.07) is 7.98. The van der Waals surface area contributed by atoms with Crippen molar-refractivity contribution in [1.82, 2.24) is 20.9 Å². The molecular formula is C27H48N4O5. The zero-order valence-corrected chi connectivity index (χ0v) is 22.4. The van der Waals surface area contributed by atoms with Crippen molar-refractivity contribution in [2.24, 2.45) is 0 Å². The van der Waals surface area contributed by atoms with Crippen LogP contribution in [0, 0.1) is 0 Å². The molecule has 0 radical (unpaired) electrons. The fourth-order valence-corrected chi connectivity index (χ4v) is 4.12. The maximum Gasteiger partial charge on any atom is 0.323 e. The lowest BCUT2D eigenvalue weighted by molar-refractivity contribution is -0.149. The third-order valence-electron chi connectivity index (χ3n) is 6.05. The largest absolute Gasteiger partial charge is 0.491 e. The molecule has 1 saturated heterocycles. The van der Waals surface area contributed by atoms with E-state index < -0.39 is 0 Å². The minimum atomic E-state index is -0.222. The molecule has 1 fully saturated rings. The molecule has 3 N–H and O–H groups in total. The maximum absolute atomic E-state index is 12.9. The summed E-state index contributed by atoms with van der Waals surface area (Å²) in [5.41, 5.74) is 1.24. The van der Waals surface area contributed by atoms with E-state index in [1.54, 1.807) is 0 Å². The molecule has 206 valence electrons. The Hall–Kier alpha value is -1.75. The molecular weight excluding hydrogens is 460 g/mol. The van der Waals surface area contributed by atoms with Gasteiger partial charge in [0, 0.05) is 59.0 Å². The lowest BCUT2D eigenvalue weighted by atomic mass is 10.0. The van der Waals surface area contributed by atoms with E-state index in [4.69, 9.17) is 18.9 Å². The van der Waals surface area contributed by atoms with Crippen LogP contribution >= 0.6 is 0 Å². The number of nitrogens with one attached hydrogen (secondary N) is 3. The summed E-state index contributed by atoms with van der Waals surface area (Å²) in [5.74, 6) is 0.726. The molecule has 9 nitrogen and oxygen atoms in total. The van der Waals surface area contributed by atoms with Crippen LogP contribution in [0.25, 0.3) is 0 Å². The first kappa shape index (κ1) is 30.5. The molecule has 0 aliphatic carbocycles. The van der Waals surface area contributed by atoms with Crippen molar-refractivity contribution in [3.63, 3.8) is 0 Å². The van der Waals surface area contributed by atoms with Gasteiger partial charge in [-0.2, -0.15) is 0 Å². The molecule has 1 unspecified atom stereocenters. The van der Waals surface area contributed by atoms with Gasteiger partial charge in [0.05, 0.1) is 26.4 Å². The first-order valence-corrected chi connectivity index (χ1v) is 13.6. The minimum Gasteiger partial charge on any atom is -0.491 e. The normalized spacial score (nSPS) is 17.1. The standard InChI is InChI=1S/C27H48N4O5/c1-3-33-20-21-34-22-23-36-25-10-8-24(9-11-25)6-5-7-26(27(32)35-4-2)31-18-16-29-14-12-28-13-15-30-17-19-31/h8-11,26,28-30H,3-7,12-23H2,1-2H3. The molecule has 36 heavy (non-hydrogen) atoms. The molecule has 0 saturated carbocycles. The highest BCUT2D eigenvalue weighted by Gasteiger charge is 2.26.